The van der Waals surface area contributed by atoms with Gasteiger partial charge in [0.15, 0.2) is 0 Å². The molecule has 1 saturated heterocycles. The number of piperidine rings is 1. The number of benzene rings is 2. The van der Waals surface area contributed by atoms with Crippen molar-refractivity contribution in [2.24, 2.45) is 5.41 Å². The molecule has 0 radical (unpaired) electrons. The van der Waals surface area contributed by atoms with Gasteiger partial charge < -0.3 is 15.0 Å². The fourth-order valence-electron chi connectivity index (χ4n) is 3.84. The molecule has 5 nitrogen and oxygen atoms in total. The number of hydrogen-bond donors (Lipinski definition) is 1. The van der Waals surface area contributed by atoms with Crippen molar-refractivity contribution < 1.29 is 14.3 Å². The first-order valence-electron chi connectivity index (χ1n) is 10.0. The topological polar surface area (TPSA) is 58.6 Å². The molecule has 0 aromatic heterocycles. The highest BCUT2D eigenvalue weighted by molar-refractivity contribution is 6.35. The number of hydrogen-bond acceptors (Lipinski definition) is 4. The van der Waals surface area contributed by atoms with E-state index in [1.807, 2.05) is 18.2 Å². The third kappa shape index (κ3) is 5.75. The van der Waals surface area contributed by atoms with Gasteiger partial charge in [0, 0.05) is 28.7 Å². The van der Waals surface area contributed by atoms with Crippen molar-refractivity contribution in [2.75, 3.05) is 33.3 Å². The van der Waals surface area contributed by atoms with Crippen LogP contribution in [-0.4, -0.2) is 50.1 Å². The number of halogens is 2. The second-order valence-corrected chi connectivity index (χ2v) is 8.56. The summed E-state index contributed by atoms with van der Waals surface area (Å²) in [6.45, 7) is 2.71. The molecule has 2 aromatic rings. The summed E-state index contributed by atoms with van der Waals surface area (Å²) in [5.41, 5.74) is 0.943. The first-order chi connectivity index (χ1) is 14.4. The summed E-state index contributed by atoms with van der Waals surface area (Å²) in [5, 5.41) is 3.66. The smallest absolute Gasteiger partial charge is 0.313 e. The summed E-state index contributed by atoms with van der Waals surface area (Å²) < 4.78 is 5.08. The average molecular weight is 449 g/mol. The number of carbonyl (C=O) groups is 2. The second kappa shape index (κ2) is 10.3. The molecular formula is C23H26Cl2N2O3. The Kier molecular flexibility index (Phi) is 7.75. The predicted octanol–water partition coefficient (Wildman–Crippen LogP) is 4.22. The van der Waals surface area contributed by atoms with Crippen LogP contribution in [0, 0.1) is 5.41 Å². The zero-order valence-electron chi connectivity index (χ0n) is 17.0. The lowest BCUT2D eigenvalue weighted by Gasteiger charge is -2.39. The summed E-state index contributed by atoms with van der Waals surface area (Å²) in [5.74, 6) is -0.594. The Labute approximate surface area is 187 Å². The van der Waals surface area contributed by atoms with Crippen molar-refractivity contribution in [3.63, 3.8) is 0 Å². The van der Waals surface area contributed by atoms with Gasteiger partial charge >= 0.3 is 5.97 Å². The largest absolute Gasteiger partial charge is 0.469 e. The van der Waals surface area contributed by atoms with Gasteiger partial charge in [-0.15, -0.1) is 0 Å². The second-order valence-electron chi connectivity index (χ2n) is 7.69. The Morgan fingerprint density at radius 3 is 2.30 bits per heavy atom. The van der Waals surface area contributed by atoms with E-state index in [4.69, 9.17) is 27.9 Å². The maximum absolute atomic E-state index is 12.6. The van der Waals surface area contributed by atoms with Gasteiger partial charge in [-0.3, -0.25) is 9.59 Å². The van der Waals surface area contributed by atoms with E-state index in [-0.39, 0.29) is 18.4 Å². The van der Waals surface area contributed by atoms with Crippen LogP contribution in [-0.2, 0) is 16.0 Å². The average Bonchev–Trinajstić information content (AvgIpc) is 2.76. The van der Waals surface area contributed by atoms with Crippen LogP contribution in [0.3, 0.4) is 0 Å². The van der Waals surface area contributed by atoms with E-state index in [1.165, 1.54) is 12.7 Å². The molecule has 0 atom stereocenters. The van der Waals surface area contributed by atoms with Gasteiger partial charge in [0.05, 0.1) is 12.5 Å². The summed E-state index contributed by atoms with van der Waals surface area (Å²) in [6, 6.07) is 15.0. The number of amides is 1. The number of likely N-dealkylation sites (tertiary alicyclic amines) is 1. The lowest BCUT2D eigenvalue weighted by atomic mass is 9.78. The standard InChI is InChI=1S/C23H26Cl2N2O3/c1-30-22(29)23(16-26-21(28)18-13-19(24)15-20(25)14-18)8-11-27(12-9-23)10-7-17-5-3-2-4-6-17/h2-6,13-15H,7-12,16H2,1H3,(H,26,28). The maximum Gasteiger partial charge on any atom is 0.313 e. The molecule has 3 rings (SSSR count). The van der Waals surface area contributed by atoms with E-state index in [2.05, 4.69) is 22.3 Å². The molecule has 7 heteroatoms. The molecule has 30 heavy (non-hydrogen) atoms. The van der Waals surface area contributed by atoms with Crippen molar-refractivity contribution in [3.05, 3.63) is 69.7 Å². The van der Waals surface area contributed by atoms with Crippen LogP contribution in [0.2, 0.25) is 10.0 Å². The highest BCUT2D eigenvalue weighted by atomic mass is 35.5. The zero-order valence-corrected chi connectivity index (χ0v) is 18.5. The minimum absolute atomic E-state index is 0.217. The number of esters is 1. The third-order valence-electron chi connectivity index (χ3n) is 5.70. The summed E-state index contributed by atoms with van der Waals surface area (Å²) in [4.78, 5) is 27.5. The Hall–Kier alpha value is -2.08. The van der Waals surface area contributed by atoms with Crippen LogP contribution in [0.5, 0.6) is 0 Å². The SMILES string of the molecule is COC(=O)C1(CNC(=O)c2cc(Cl)cc(Cl)c2)CCN(CCc2ccccc2)CC1. The van der Waals surface area contributed by atoms with Crippen molar-refractivity contribution in [3.8, 4) is 0 Å². The number of nitrogens with one attached hydrogen (secondary N) is 1. The molecule has 1 aliphatic rings. The van der Waals surface area contributed by atoms with Gasteiger partial charge in [0.2, 0.25) is 0 Å². The minimum Gasteiger partial charge on any atom is -0.469 e. The van der Waals surface area contributed by atoms with Crippen molar-refractivity contribution in [1.29, 1.82) is 0 Å². The number of rotatable bonds is 7. The molecule has 2 aromatic carbocycles. The molecule has 0 bridgehead atoms. The molecule has 0 unspecified atom stereocenters. The normalized spacial score (nSPS) is 16.1. The van der Waals surface area contributed by atoms with E-state index >= 15 is 0 Å². The Morgan fingerprint density at radius 1 is 1.07 bits per heavy atom. The van der Waals surface area contributed by atoms with Gasteiger partial charge in [-0.2, -0.15) is 0 Å². The zero-order chi connectivity index (χ0) is 21.6. The lowest BCUT2D eigenvalue weighted by molar-refractivity contribution is -0.155. The Morgan fingerprint density at radius 2 is 1.70 bits per heavy atom. The van der Waals surface area contributed by atoms with Gasteiger partial charge in [-0.25, -0.2) is 0 Å². The monoisotopic (exact) mass is 448 g/mol. The van der Waals surface area contributed by atoms with E-state index < -0.39 is 5.41 Å². The Bertz CT molecular complexity index is 861. The number of carbonyl (C=O) groups excluding carboxylic acids is 2. The number of ether oxygens (including phenoxy) is 1. The fourth-order valence-corrected chi connectivity index (χ4v) is 4.37. The van der Waals surface area contributed by atoms with Crippen LogP contribution in [0.1, 0.15) is 28.8 Å². The van der Waals surface area contributed by atoms with Crippen LogP contribution in [0.25, 0.3) is 0 Å². The Balaban J connectivity index is 1.59. The van der Waals surface area contributed by atoms with Crippen molar-refractivity contribution in [2.45, 2.75) is 19.3 Å². The quantitative estimate of drug-likeness (QED) is 0.644. The predicted molar refractivity (Wildman–Crippen MR) is 119 cm³/mol. The van der Waals surface area contributed by atoms with E-state index in [9.17, 15) is 9.59 Å². The molecule has 0 saturated carbocycles. The summed E-state index contributed by atoms with van der Waals surface area (Å²) in [7, 11) is 1.39. The van der Waals surface area contributed by atoms with Gasteiger partial charge in [0.1, 0.15) is 0 Å². The fraction of sp³-hybridized carbons (Fsp3) is 0.391. The molecule has 1 N–H and O–H groups in total. The van der Waals surface area contributed by atoms with Gasteiger partial charge in [0.25, 0.3) is 5.91 Å². The molecule has 160 valence electrons. The van der Waals surface area contributed by atoms with Crippen LogP contribution in [0.4, 0.5) is 0 Å². The first-order valence-corrected chi connectivity index (χ1v) is 10.8. The molecule has 1 fully saturated rings. The number of nitrogens with zero attached hydrogens (tertiary/aromatic N) is 1. The molecule has 0 spiro atoms. The molecule has 1 aliphatic heterocycles. The molecule has 1 heterocycles. The summed E-state index contributed by atoms with van der Waals surface area (Å²) >= 11 is 12.0. The van der Waals surface area contributed by atoms with E-state index in [0.29, 0.717) is 28.5 Å². The highest BCUT2D eigenvalue weighted by Gasteiger charge is 2.42. The van der Waals surface area contributed by atoms with E-state index in [0.717, 1.165) is 26.1 Å². The third-order valence-corrected chi connectivity index (χ3v) is 6.14. The number of methoxy groups -OCH3 is 1. The molecular weight excluding hydrogens is 423 g/mol. The van der Waals surface area contributed by atoms with Crippen molar-refractivity contribution >= 4 is 35.1 Å². The van der Waals surface area contributed by atoms with Gasteiger partial charge in [-0.05, 0) is 56.1 Å². The van der Waals surface area contributed by atoms with E-state index in [1.54, 1.807) is 18.2 Å². The van der Waals surface area contributed by atoms with Gasteiger partial charge in [-0.1, -0.05) is 53.5 Å². The van der Waals surface area contributed by atoms with Crippen LogP contribution in [0.15, 0.2) is 48.5 Å². The van der Waals surface area contributed by atoms with Crippen LogP contribution >= 0.6 is 23.2 Å². The molecule has 0 aliphatic carbocycles. The first kappa shape index (κ1) is 22.6. The maximum atomic E-state index is 12.6. The minimum atomic E-state index is -0.726. The van der Waals surface area contributed by atoms with Crippen molar-refractivity contribution in [1.82, 2.24) is 10.2 Å². The lowest BCUT2D eigenvalue weighted by Crippen LogP contribution is -2.51. The highest BCUT2D eigenvalue weighted by Crippen LogP contribution is 2.32. The molecule has 1 amide bonds. The summed E-state index contributed by atoms with van der Waals surface area (Å²) in [6.07, 6.45) is 2.23. The van der Waals surface area contributed by atoms with Crippen LogP contribution < -0.4 is 5.32 Å².